The summed E-state index contributed by atoms with van der Waals surface area (Å²) in [6, 6.07) is 3.05. The number of carbonyl (C=O) groups is 1. The van der Waals surface area contributed by atoms with E-state index in [1.54, 1.807) is 0 Å². The molecule has 0 radical (unpaired) electrons. The van der Waals surface area contributed by atoms with Gasteiger partial charge in [-0.1, -0.05) is 0 Å². The van der Waals surface area contributed by atoms with Gasteiger partial charge in [0.15, 0.2) is 11.5 Å². The van der Waals surface area contributed by atoms with Crippen LogP contribution < -0.4 is 14.2 Å². The molecule has 1 aliphatic heterocycles. The van der Waals surface area contributed by atoms with Gasteiger partial charge in [-0.15, -0.1) is 0 Å². The van der Waals surface area contributed by atoms with Crippen LogP contribution in [0.1, 0.15) is 5.56 Å². The molecule has 1 aromatic carbocycles. The number of aliphatic hydroxyl groups is 4. The van der Waals surface area contributed by atoms with E-state index >= 15 is 0 Å². The van der Waals surface area contributed by atoms with E-state index in [-0.39, 0.29) is 17.2 Å². The molecule has 0 bridgehead atoms. The van der Waals surface area contributed by atoms with Gasteiger partial charge in [-0.05, 0) is 41.4 Å². The summed E-state index contributed by atoms with van der Waals surface area (Å²) in [5.41, 5.74) is 0.527. The maximum atomic E-state index is 10.9. The minimum atomic E-state index is -1.59. The summed E-state index contributed by atoms with van der Waals surface area (Å²) >= 11 is 5.28. The lowest BCUT2D eigenvalue weighted by atomic mass is 9.99. The molecule has 2 rings (SSSR count). The molecule has 1 heterocycles. The average Bonchev–Trinajstić information content (AvgIpc) is 2.66. The van der Waals surface area contributed by atoms with Gasteiger partial charge >= 0.3 is 0 Å². The Kier molecular flexibility index (Phi) is 7.42. The number of rotatable bonds is 7. The van der Waals surface area contributed by atoms with Crippen molar-refractivity contribution in [1.29, 1.82) is 0 Å². The van der Waals surface area contributed by atoms with Crippen molar-refractivity contribution in [2.75, 3.05) is 20.8 Å². The number of allylic oxidation sites excluding steroid dienone is 1. The topological polar surface area (TPSA) is 135 Å². The van der Waals surface area contributed by atoms with Crippen LogP contribution >= 0.6 is 11.6 Å². The molecule has 27 heavy (non-hydrogen) atoms. The predicted octanol–water partition coefficient (Wildman–Crippen LogP) is -0.339. The molecule has 1 aromatic rings. The predicted molar refractivity (Wildman–Crippen MR) is 93.8 cm³/mol. The second-order valence-corrected chi connectivity index (χ2v) is 6.08. The fourth-order valence-electron chi connectivity index (χ4n) is 2.56. The average molecular weight is 405 g/mol. The summed E-state index contributed by atoms with van der Waals surface area (Å²) in [6.07, 6.45) is -4.63. The van der Waals surface area contributed by atoms with Crippen LogP contribution in [0.2, 0.25) is 0 Å². The van der Waals surface area contributed by atoms with Crippen molar-refractivity contribution < 1.29 is 44.2 Å². The molecule has 0 saturated carbocycles. The van der Waals surface area contributed by atoms with Crippen LogP contribution in [0.3, 0.4) is 0 Å². The lowest BCUT2D eigenvalue weighted by Gasteiger charge is -2.39. The molecular weight excluding hydrogens is 384 g/mol. The van der Waals surface area contributed by atoms with E-state index in [2.05, 4.69) is 0 Å². The molecule has 9 nitrogen and oxygen atoms in total. The molecule has 150 valence electrons. The van der Waals surface area contributed by atoms with Crippen LogP contribution in [0, 0.1) is 0 Å². The van der Waals surface area contributed by atoms with Gasteiger partial charge in [0.2, 0.25) is 17.3 Å². The molecule has 1 saturated heterocycles. The number of halogens is 1. The van der Waals surface area contributed by atoms with Crippen LogP contribution in [0.4, 0.5) is 0 Å². The standard InChI is InChI=1S/C17H21ClO9/c1-24-9-5-8(3-4-12(18)20)6-10(25-2)16(9)27-17-15(23)14(22)13(21)11(7-19)26-17/h3-6,11,13-15,17,19,21-23H,7H2,1-2H3/b4-3+/t11-,13-,14+,15+,17-/m1/s1. The molecule has 0 unspecified atom stereocenters. The van der Waals surface area contributed by atoms with Gasteiger partial charge in [-0.3, -0.25) is 4.79 Å². The van der Waals surface area contributed by atoms with Gasteiger partial charge in [0, 0.05) is 0 Å². The molecule has 0 amide bonds. The first-order chi connectivity index (χ1) is 12.8. The van der Waals surface area contributed by atoms with Crippen molar-refractivity contribution in [3.8, 4) is 17.2 Å². The maximum absolute atomic E-state index is 10.9. The fourth-order valence-corrected chi connectivity index (χ4v) is 2.62. The summed E-state index contributed by atoms with van der Waals surface area (Å²) in [6.45, 7) is -0.588. The second-order valence-electron chi connectivity index (χ2n) is 5.71. The van der Waals surface area contributed by atoms with Crippen molar-refractivity contribution in [2.45, 2.75) is 30.7 Å². The number of methoxy groups -OCH3 is 2. The third-order valence-electron chi connectivity index (χ3n) is 3.97. The lowest BCUT2D eigenvalue weighted by Crippen LogP contribution is -2.60. The molecule has 10 heteroatoms. The summed E-state index contributed by atoms with van der Waals surface area (Å²) in [5, 5.41) is 38.4. The zero-order valence-corrected chi connectivity index (χ0v) is 15.4. The number of benzene rings is 1. The van der Waals surface area contributed by atoms with Crippen molar-refractivity contribution >= 4 is 22.9 Å². The molecule has 5 atom stereocenters. The number of hydrogen-bond donors (Lipinski definition) is 4. The summed E-state index contributed by atoms with van der Waals surface area (Å²) < 4.78 is 21.5. The third-order valence-corrected chi connectivity index (χ3v) is 4.10. The Hall–Kier alpha value is -1.88. The SMILES string of the molecule is COc1cc(/C=C/C(=O)Cl)cc(OC)c1O[C@H]1O[C@H](CO)[C@@H](O)[C@H](O)[C@@H]1O. The minimum Gasteiger partial charge on any atom is -0.493 e. The Labute approximate surface area is 160 Å². The first-order valence-corrected chi connectivity index (χ1v) is 8.30. The highest BCUT2D eigenvalue weighted by Crippen LogP contribution is 2.40. The van der Waals surface area contributed by atoms with E-state index < -0.39 is 42.6 Å². The molecule has 0 aromatic heterocycles. The number of hydrogen-bond acceptors (Lipinski definition) is 9. The van der Waals surface area contributed by atoms with Crippen LogP contribution in [-0.4, -0.2) is 77.2 Å². The van der Waals surface area contributed by atoms with Gasteiger partial charge in [-0.25, -0.2) is 0 Å². The van der Waals surface area contributed by atoms with Crippen LogP contribution in [0.15, 0.2) is 18.2 Å². The molecular formula is C17H21ClO9. The normalized spacial score (nSPS) is 28.2. The van der Waals surface area contributed by atoms with Crippen molar-refractivity contribution in [3.63, 3.8) is 0 Å². The number of ether oxygens (including phenoxy) is 4. The number of carbonyl (C=O) groups excluding carboxylic acids is 1. The first kappa shape index (κ1) is 21.4. The van der Waals surface area contributed by atoms with Crippen molar-refractivity contribution in [1.82, 2.24) is 0 Å². The van der Waals surface area contributed by atoms with Gasteiger partial charge in [0.25, 0.3) is 0 Å². The van der Waals surface area contributed by atoms with E-state index in [4.69, 9.17) is 30.5 Å². The van der Waals surface area contributed by atoms with Crippen LogP contribution in [-0.2, 0) is 9.53 Å². The Morgan fingerprint density at radius 3 is 2.22 bits per heavy atom. The first-order valence-electron chi connectivity index (χ1n) is 7.93. The molecule has 0 spiro atoms. The highest BCUT2D eigenvalue weighted by Gasteiger charge is 2.45. The van der Waals surface area contributed by atoms with Gasteiger partial charge in [0.1, 0.15) is 24.4 Å². The van der Waals surface area contributed by atoms with Crippen LogP contribution in [0.25, 0.3) is 6.08 Å². The van der Waals surface area contributed by atoms with E-state index in [0.717, 1.165) is 6.08 Å². The highest BCUT2D eigenvalue weighted by atomic mass is 35.5. The Bertz CT molecular complexity index is 666. The summed E-state index contributed by atoms with van der Waals surface area (Å²) in [4.78, 5) is 10.9. The third kappa shape index (κ3) is 4.89. The molecule has 1 fully saturated rings. The van der Waals surface area contributed by atoms with Gasteiger partial charge in [-0.2, -0.15) is 0 Å². The summed E-state index contributed by atoms with van der Waals surface area (Å²) in [7, 11) is 2.74. The number of aliphatic hydroxyl groups excluding tert-OH is 4. The van der Waals surface area contributed by atoms with Gasteiger partial charge in [0.05, 0.1) is 20.8 Å². The smallest absolute Gasteiger partial charge is 0.245 e. The minimum absolute atomic E-state index is 0.0543. The summed E-state index contributed by atoms with van der Waals surface area (Å²) in [5.74, 6) is 0.430. The van der Waals surface area contributed by atoms with Crippen molar-refractivity contribution in [3.05, 3.63) is 23.8 Å². The Morgan fingerprint density at radius 2 is 1.74 bits per heavy atom. The second kappa shape index (κ2) is 9.36. The Balaban J connectivity index is 2.35. The van der Waals surface area contributed by atoms with Gasteiger partial charge < -0.3 is 39.4 Å². The van der Waals surface area contributed by atoms with E-state index in [1.165, 1.54) is 32.4 Å². The Morgan fingerprint density at radius 1 is 1.15 bits per heavy atom. The zero-order chi connectivity index (χ0) is 20.1. The lowest BCUT2D eigenvalue weighted by molar-refractivity contribution is -0.277. The molecule has 0 aliphatic carbocycles. The largest absolute Gasteiger partial charge is 0.493 e. The highest BCUT2D eigenvalue weighted by molar-refractivity contribution is 6.66. The monoisotopic (exact) mass is 404 g/mol. The quantitative estimate of drug-likeness (QED) is 0.355. The van der Waals surface area contributed by atoms with E-state index in [1.807, 2.05) is 0 Å². The maximum Gasteiger partial charge on any atom is 0.245 e. The zero-order valence-electron chi connectivity index (χ0n) is 14.6. The molecule has 1 aliphatic rings. The fraction of sp³-hybridized carbons (Fsp3) is 0.471. The van der Waals surface area contributed by atoms with E-state index in [0.29, 0.717) is 5.56 Å². The van der Waals surface area contributed by atoms with Crippen LogP contribution in [0.5, 0.6) is 17.2 Å². The molecule has 4 N–H and O–H groups in total. The van der Waals surface area contributed by atoms with E-state index in [9.17, 15) is 25.2 Å². The van der Waals surface area contributed by atoms with Crippen molar-refractivity contribution in [2.24, 2.45) is 0 Å².